The first-order chi connectivity index (χ1) is 15.9. The first kappa shape index (κ1) is 23.0. The van der Waals surface area contributed by atoms with E-state index >= 15 is 0 Å². The van der Waals surface area contributed by atoms with Crippen LogP contribution < -0.4 is 0 Å². The van der Waals surface area contributed by atoms with E-state index in [0.29, 0.717) is 43.3 Å². The maximum absolute atomic E-state index is 14.1. The highest BCUT2D eigenvalue weighted by atomic mass is 19.1. The molecule has 174 valence electrons. The number of hydrogen-bond donors (Lipinski definition) is 1. The summed E-state index contributed by atoms with van der Waals surface area (Å²) in [5.41, 5.74) is 1.10. The van der Waals surface area contributed by atoms with Gasteiger partial charge in [-0.05, 0) is 38.0 Å². The van der Waals surface area contributed by atoms with E-state index in [1.54, 1.807) is 19.9 Å². The van der Waals surface area contributed by atoms with Gasteiger partial charge in [-0.2, -0.15) is 0 Å². The van der Waals surface area contributed by atoms with Crippen LogP contribution in [0.2, 0.25) is 0 Å². The van der Waals surface area contributed by atoms with Crippen LogP contribution in [0.15, 0.2) is 36.0 Å². The van der Waals surface area contributed by atoms with Crippen molar-refractivity contribution in [3.05, 3.63) is 64.5 Å². The molecule has 1 atom stereocenters. The highest BCUT2D eigenvalue weighted by Gasteiger charge is 2.46. The summed E-state index contributed by atoms with van der Waals surface area (Å²) in [6.45, 7) is 7.43. The maximum Gasteiger partial charge on any atom is 0.295 e. The molecule has 0 aliphatic carbocycles. The Balaban J connectivity index is 1.70. The number of aliphatic hydroxyl groups excluding tert-OH is 1. The standard InChI is InChI=1S/C24H27FN4O4/c1-15-19(14-26-16(2)27-15)22(30)20-21(17-5-3-6-18(25)13-17)29(24(32)23(20)31)8-4-7-28-9-11-33-12-10-28/h3,5-6,13-14,21,30H,4,7-12H2,1-2H3/b22-20+/t21-/m0/s1. The minimum atomic E-state index is -0.897. The number of Topliss-reactive ketones (excluding diaryl/α,β-unsaturated/α-hetero) is 1. The quantitative estimate of drug-likeness (QED) is 0.407. The molecule has 3 heterocycles. The number of morpholine rings is 1. The van der Waals surface area contributed by atoms with Crippen LogP contribution in [-0.4, -0.2) is 76.0 Å². The molecule has 0 unspecified atom stereocenters. The highest BCUT2D eigenvalue weighted by molar-refractivity contribution is 6.46. The predicted molar refractivity (Wildman–Crippen MR) is 119 cm³/mol. The average Bonchev–Trinajstić information content (AvgIpc) is 3.04. The Labute approximate surface area is 191 Å². The third kappa shape index (κ3) is 4.79. The van der Waals surface area contributed by atoms with Gasteiger partial charge in [-0.3, -0.25) is 14.5 Å². The molecule has 1 N–H and O–H groups in total. The predicted octanol–water partition coefficient (Wildman–Crippen LogP) is 2.38. The summed E-state index contributed by atoms with van der Waals surface area (Å²) in [6, 6.07) is 4.87. The molecule has 0 spiro atoms. The zero-order valence-electron chi connectivity index (χ0n) is 18.8. The molecule has 1 aromatic carbocycles. The fourth-order valence-electron chi connectivity index (χ4n) is 4.38. The molecule has 2 saturated heterocycles. The van der Waals surface area contributed by atoms with Crippen molar-refractivity contribution < 1.29 is 23.8 Å². The number of hydrogen-bond acceptors (Lipinski definition) is 7. The first-order valence-corrected chi connectivity index (χ1v) is 11.0. The second kappa shape index (κ2) is 9.76. The lowest BCUT2D eigenvalue weighted by molar-refractivity contribution is -0.140. The number of aromatic nitrogens is 2. The van der Waals surface area contributed by atoms with Crippen molar-refractivity contribution in [1.29, 1.82) is 0 Å². The van der Waals surface area contributed by atoms with Gasteiger partial charge in [0.1, 0.15) is 17.4 Å². The van der Waals surface area contributed by atoms with Crippen molar-refractivity contribution in [1.82, 2.24) is 19.8 Å². The Morgan fingerprint density at radius 1 is 1.21 bits per heavy atom. The Bertz CT molecular complexity index is 1100. The molecule has 33 heavy (non-hydrogen) atoms. The molecule has 9 heteroatoms. The van der Waals surface area contributed by atoms with E-state index in [-0.39, 0.29) is 16.9 Å². The number of halogens is 1. The number of carbonyl (C=O) groups excluding carboxylic acids is 2. The van der Waals surface area contributed by atoms with Gasteiger partial charge in [0.2, 0.25) is 0 Å². The van der Waals surface area contributed by atoms with Crippen LogP contribution in [0.3, 0.4) is 0 Å². The van der Waals surface area contributed by atoms with Crippen molar-refractivity contribution in [3.63, 3.8) is 0 Å². The summed E-state index contributed by atoms with van der Waals surface area (Å²) < 4.78 is 19.5. The summed E-state index contributed by atoms with van der Waals surface area (Å²) in [5, 5.41) is 11.1. The normalized spacial score (nSPS) is 21.1. The van der Waals surface area contributed by atoms with Crippen molar-refractivity contribution in [2.24, 2.45) is 0 Å². The average molecular weight is 455 g/mol. The summed E-state index contributed by atoms with van der Waals surface area (Å²) in [5.74, 6) is -1.82. The third-order valence-electron chi connectivity index (χ3n) is 6.04. The smallest absolute Gasteiger partial charge is 0.295 e. The van der Waals surface area contributed by atoms with Crippen LogP contribution in [0, 0.1) is 19.7 Å². The number of carbonyl (C=O) groups is 2. The minimum Gasteiger partial charge on any atom is -0.507 e. The summed E-state index contributed by atoms with van der Waals surface area (Å²) in [4.78, 5) is 38.1. The lowest BCUT2D eigenvalue weighted by Gasteiger charge is -2.29. The second-order valence-electron chi connectivity index (χ2n) is 8.27. The van der Waals surface area contributed by atoms with Gasteiger partial charge in [0.05, 0.1) is 36.1 Å². The van der Waals surface area contributed by atoms with Gasteiger partial charge in [-0.15, -0.1) is 0 Å². The van der Waals surface area contributed by atoms with Gasteiger partial charge in [-0.25, -0.2) is 14.4 Å². The van der Waals surface area contributed by atoms with Crippen LogP contribution in [0.5, 0.6) is 0 Å². The molecule has 0 radical (unpaired) electrons. The van der Waals surface area contributed by atoms with E-state index in [9.17, 15) is 19.1 Å². The molecular weight excluding hydrogens is 427 g/mol. The second-order valence-corrected chi connectivity index (χ2v) is 8.27. The first-order valence-electron chi connectivity index (χ1n) is 11.0. The fourth-order valence-corrected chi connectivity index (χ4v) is 4.38. The molecule has 1 amide bonds. The Kier molecular flexibility index (Phi) is 6.80. The van der Waals surface area contributed by atoms with E-state index in [1.807, 2.05) is 0 Å². The van der Waals surface area contributed by atoms with Crippen LogP contribution in [0.1, 0.15) is 35.1 Å². The number of benzene rings is 1. The van der Waals surface area contributed by atoms with E-state index in [4.69, 9.17) is 4.74 Å². The number of ether oxygens (including phenoxy) is 1. The minimum absolute atomic E-state index is 0.0764. The van der Waals surface area contributed by atoms with Crippen LogP contribution in [-0.2, 0) is 14.3 Å². The summed E-state index contributed by atoms with van der Waals surface area (Å²) in [6.07, 6.45) is 2.06. The zero-order chi connectivity index (χ0) is 23.5. The van der Waals surface area contributed by atoms with Crippen molar-refractivity contribution >= 4 is 17.4 Å². The van der Waals surface area contributed by atoms with Gasteiger partial charge < -0.3 is 14.7 Å². The van der Waals surface area contributed by atoms with Gasteiger partial charge in [0, 0.05) is 32.4 Å². The van der Waals surface area contributed by atoms with Gasteiger partial charge in [-0.1, -0.05) is 12.1 Å². The monoisotopic (exact) mass is 454 g/mol. The fraction of sp³-hybridized carbons (Fsp3) is 0.417. The molecular formula is C24H27FN4O4. The van der Waals surface area contributed by atoms with E-state index < -0.39 is 23.5 Å². The summed E-state index contributed by atoms with van der Waals surface area (Å²) >= 11 is 0. The van der Waals surface area contributed by atoms with Crippen LogP contribution in [0.25, 0.3) is 5.76 Å². The lowest BCUT2D eigenvalue weighted by Crippen LogP contribution is -2.39. The Morgan fingerprint density at radius 2 is 1.97 bits per heavy atom. The zero-order valence-corrected chi connectivity index (χ0v) is 18.8. The molecule has 2 aliphatic rings. The molecule has 0 bridgehead atoms. The van der Waals surface area contributed by atoms with Crippen LogP contribution in [0.4, 0.5) is 4.39 Å². The number of aliphatic hydroxyl groups is 1. The number of amides is 1. The number of nitrogens with zero attached hydrogens (tertiary/aromatic N) is 4. The molecule has 2 fully saturated rings. The number of rotatable bonds is 6. The largest absolute Gasteiger partial charge is 0.507 e. The maximum atomic E-state index is 14.1. The van der Waals surface area contributed by atoms with E-state index in [2.05, 4.69) is 14.9 Å². The van der Waals surface area contributed by atoms with Crippen molar-refractivity contribution in [2.45, 2.75) is 26.3 Å². The Morgan fingerprint density at radius 3 is 2.67 bits per heavy atom. The molecule has 0 saturated carbocycles. The molecule has 2 aliphatic heterocycles. The van der Waals surface area contributed by atoms with Crippen LogP contribution >= 0.6 is 0 Å². The van der Waals surface area contributed by atoms with Gasteiger partial charge in [0.15, 0.2) is 0 Å². The summed E-state index contributed by atoms with van der Waals surface area (Å²) in [7, 11) is 0. The van der Waals surface area contributed by atoms with E-state index in [1.165, 1.54) is 29.3 Å². The molecule has 2 aromatic rings. The van der Waals surface area contributed by atoms with Crippen molar-refractivity contribution in [2.75, 3.05) is 39.4 Å². The molecule has 1 aromatic heterocycles. The number of aryl methyl sites for hydroxylation is 2. The molecule has 8 nitrogen and oxygen atoms in total. The van der Waals surface area contributed by atoms with Crippen molar-refractivity contribution in [3.8, 4) is 0 Å². The highest BCUT2D eigenvalue weighted by Crippen LogP contribution is 2.39. The lowest BCUT2D eigenvalue weighted by atomic mass is 9.95. The SMILES string of the molecule is Cc1ncc(/C(O)=C2\C(=O)C(=O)N(CCCN3CCOCC3)[C@H]2c2cccc(F)c2)c(C)n1. The van der Waals surface area contributed by atoms with Gasteiger partial charge >= 0.3 is 0 Å². The number of ketones is 1. The molecule has 4 rings (SSSR count). The topological polar surface area (TPSA) is 95.9 Å². The van der Waals surface area contributed by atoms with Gasteiger partial charge in [0.25, 0.3) is 11.7 Å². The number of likely N-dealkylation sites (tertiary alicyclic amines) is 1. The Hall–Kier alpha value is -3.17. The third-order valence-corrected chi connectivity index (χ3v) is 6.04. The van der Waals surface area contributed by atoms with E-state index in [0.717, 1.165) is 19.6 Å².